The van der Waals surface area contributed by atoms with Crippen LogP contribution < -0.4 is 5.32 Å². The Morgan fingerprint density at radius 2 is 2.05 bits per heavy atom. The molecule has 0 aromatic carbocycles. The van der Waals surface area contributed by atoms with Gasteiger partial charge in [0, 0.05) is 25.0 Å². The largest absolute Gasteiger partial charge is 0.311 e. The molecule has 0 unspecified atom stereocenters. The van der Waals surface area contributed by atoms with Gasteiger partial charge in [-0.2, -0.15) is 5.26 Å². The number of aryl methyl sites for hydroxylation is 1. The molecule has 0 spiro atoms. The molecule has 5 heteroatoms. The average Bonchev–Trinajstić information content (AvgIpc) is 2.49. The van der Waals surface area contributed by atoms with Crippen molar-refractivity contribution in [1.29, 1.82) is 5.26 Å². The summed E-state index contributed by atoms with van der Waals surface area (Å²) >= 11 is 0. The van der Waals surface area contributed by atoms with Gasteiger partial charge in [0.2, 0.25) is 5.91 Å². The molecule has 2 aromatic heterocycles. The highest BCUT2D eigenvalue weighted by atomic mass is 16.1. The molecular formula is C15H14N4O. The second kappa shape index (κ2) is 7.00. The highest BCUT2D eigenvalue weighted by Crippen LogP contribution is 2.07. The number of hydrogen-bond acceptors (Lipinski definition) is 4. The van der Waals surface area contributed by atoms with Gasteiger partial charge in [0.1, 0.15) is 11.9 Å². The molecule has 0 saturated carbocycles. The first-order valence-corrected chi connectivity index (χ1v) is 6.33. The highest BCUT2D eigenvalue weighted by molar-refractivity contribution is 5.89. The number of nitrogens with zero attached hydrogens (tertiary/aromatic N) is 3. The van der Waals surface area contributed by atoms with Crippen molar-refractivity contribution in [3.63, 3.8) is 0 Å². The van der Waals surface area contributed by atoms with Crippen molar-refractivity contribution in [1.82, 2.24) is 9.97 Å². The van der Waals surface area contributed by atoms with Crippen LogP contribution in [0, 0.1) is 11.3 Å². The van der Waals surface area contributed by atoms with Crippen molar-refractivity contribution in [3.05, 3.63) is 54.0 Å². The lowest BCUT2D eigenvalue weighted by Crippen LogP contribution is -2.12. The van der Waals surface area contributed by atoms with E-state index >= 15 is 0 Å². The maximum Gasteiger partial charge on any atom is 0.225 e. The summed E-state index contributed by atoms with van der Waals surface area (Å²) in [5, 5.41) is 11.4. The Bertz CT molecular complexity index is 602. The number of pyridine rings is 2. The smallest absolute Gasteiger partial charge is 0.225 e. The molecule has 2 rings (SSSR count). The standard InChI is InChI=1S/C15H14N4O/c16-10-13-4-5-14(18-11-13)19-15(20)3-1-2-12-6-8-17-9-7-12/h4-9,11H,1-3H2,(H,18,19,20). The first-order valence-electron chi connectivity index (χ1n) is 6.33. The molecule has 0 saturated heterocycles. The van der Waals surface area contributed by atoms with Crippen LogP contribution in [0.3, 0.4) is 0 Å². The van der Waals surface area contributed by atoms with Gasteiger partial charge in [-0.3, -0.25) is 9.78 Å². The number of carbonyl (C=O) groups is 1. The summed E-state index contributed by atoms with van der Waals surface area (Å²) < 4.78 is 0. The van der Waals surface area contributed by atoms with Crippen LogP contribution in [0.4, 0.5) is 5.82 Å². The molecule has 0 radical (unpaired) electrons. The van der Waals surface area contributed by atoms with Crippen molar-refractivity contribution in [2.75, 3.05) is 5.32 Å². The lowest BCUT2D eigenvalue weighted by atomic mass is 10.1. The second-order valence-corrected chi connectivity index (χ2v) is 4.30. The Labute approximate surface area is 117 Å². The molecule has 5 nitrogen and oxygen atoms in total. The lowest BCUT2D eigenvalue weighted by Gasteiger charge is -2.04. The van der Waals surface area contributed by atoms with Gasteiger partial charge >= 0.3 is 0 Å². The van der Waals surface area contributed by atoms with Gasteiger partial charge < -0.3 is 5.32 Å². The van der Waals surface area contributed by atoms with E-state index in [2.05, 4.69) is 15.3 Å². The number of nitrogens with one attached hydrogen (secondary N) is 1. The van der Waals surface area contributed by atoms with E-state index in [1.54, 1.807) is 24.5 Å². The minimum atomic E-state index is -0.0729. The second-order valence-electron chi connectivity index (χ2n) is 4.30. The quantitative estimate of drug-likeness (QED) is 0.900. The van der Waals surface area contributed by atoms with E-state index in [9.17, 15) is 4.79 Å². The summed E-state index contributed by atoms with van der Waals surface area (Å²) in [6.07, 6.45) is 6.98. The average molecular weight is 266 g/mol. The molecule has 2 heterocycles. The maximum absolute atomic E-state index is 11.7. The fourth-order valence-corrected chi connectivity index (χ4v) is 1.74. The number of amides is 1. The third-order valence-electron chi connectivity index (χ3n) is 2.78. The van der Waals surface area contributed by atoms with Crippen LogP contribution in [0.15, 0.2) is 42.9 Å². The third-order valence-corrected chi connectivity index (χ3v) is 2.78. The predicted octanol–water partition coefficient (Wildman–Crippen LogP) is 2.31. The van der Waals surface area contributed by atoms with Crippen molar-refractivity contribution >= 4 is 11.7 Å². The molecule has 0 bridgehead atoms. The Balaban J connectivity index is 1.76. The zero-order valence-corrected chi connectivity index (χ0v) is 10.9. The van der Waals surface area contributed by atoms with Crippen LogP contribution in [-0.4, -0.2) is 15.9 Å². The van der Waals surface area contributed by atoms with E-state index in [4.69, 9.17) is 5.26 Å². The van der Waals surface area contributed by atoms with Crippen LogP contribution in [0.2, 0.25) is 0 Å². The van der Waals surface area contributed by atoms with Gasteiger partial charge in [0.05, 0.1) is 5.56 Å². The summed E-state index contributed by atoms with van der Waals surface area (Å²) in [6, 6.07) is 9.12. The summed E-state index contributed by atoms with van der Waals surface area (Å²) in [4.78, 5) is 19.7. The van der Waals surface area contributed by atoms with E-state index in [1.807, 2.05) is 18.2 Å². The lowest BCUT2D eigenvalue weighted by molar-refractivity contribution is -0.116. The van der Waals surface area contributed by atoms with Gasteiger partial charge in [-0.15, -0.1) is 0 Å². The van der Waals surface area contributed by atoms with Crippen molar-refractivity contribution < 1.29 is 4.79 Å². The van der Waals surface area contributed by atoms with Crippen LogP contribution >= 0.6 is 0 Å². The number of rotatable bonds is 5. The molecule has 0 aliphatic heterocycles. The summed E-state index contributed by atoms with van der Waals surface area (Å²) in [5.74, 6) is 0.397. The van der Waals surface area contributed by atoms with E-state index in [1.165, 1.54) is 11.8 Å². The molecule has 0 aliphatic carbocycles. The first-order chi connectivity index (χ1) is 9.78. The molecule has 2 aromatic rings. The first kappa shape index (κ1) is 13.7. The van der Waals surface area contributed by atoms with Crippen LogP contribution in [-0.2, 0) is 11.2 Å². The van der Waals surface area contributed by atoms with E-state index in [0.717, 1.165) is 12.8 Å². The summed E-state index contributed by atoms with van der Waals surface area (Å²) in [5.41, 5.74) is 1.64. The maximum atomic E-state index is 11.7. The van der Waals surface area contributed by atoms with Gasteiger partial charge in [-0.25, -0.2) is 4.98 Å². The molecule has 100 valence electrons. The SMILES string of the molecule is N#Cc1ccc(NC(=O)CCCc2ccncc2)nc1. The van der Waals surface area contributed by atoms with Crippen LogP contribution in [0.1, 0.15) is 24.0 Å². The molecule has 0 atom stereocenters. The van der Waals surface area contributed by atoms with Crippen LogP contribution in [0.5, 0.6) is 0 Å². The monoisotopic (exact) mass is 266 g/mol. The number of aromatic nitrogens is 2. The molecule has 1 amide bonds. The fraction of sp³-hybridized carbons (Fsp3) is 0.200. The summed E-state index contributed by atoms with van der Waals surface area (Å²) in [6.45, 7) is 0. The van der Waals surface area contributed by atoms with E-state index in [0.29, 0.717) is 17.8 Å². The predicted molar refractivity (Wildman–Crippen MR) is 74.8 cm³/mol. The normalized spacial score (nSPS) is 9.75. The van der Waals surface area contributed by atoms with Gasteiger partial charge in [-0.1, -0.05) is 0 Å². The molecule has 0 aliphatic rings. The number of nitriles is 1. The minimum Gasteiger partial charge on any atom is -0.311 e. The number of carbonyl (C=O) groups excluding carboxylic acids is 1. The Morgan fingerprint density at radius 1 is 1.25 bits per heavy atom. The third kappa shape index (κ3) is 4.18. The van der Waals surface area contributed by atoms with Crippen molar-refractivity contribution in [2.24, 2.45) is 0 Å². The fourth-order valence-electron chi connectivity index (χ4n) is 1.74. The highest BCUT2D eigenvalue weighted by Gasteiger charge is 2.03. The Kier molecular flexibility index (Phi) is 4.79. The number of anilines is 1. The van der Waals surface area contributed by atoms with Crippen LogP contribution in [0.25, 0.3) is 0 Å². The minimum absolute atomic E-state index is 0.0729. The van der Waals surface area contributed by atoms with Crippen molar-refractivity contribution in [2.45, 2.75) is 19.3 Å². The van der Waals surface area contributed by atoms with Gasteiger partial charge in [0.25, 0.3) is 0 Å². The zero-order valence-electron chi connectivity index (χ0n) is 10.9. The Hall–Kier alpha value is -2.74. The van der Waals surface area contributed by atoms with Gasteiger partial charge in [-0.05, 0) is 42.7 Å². The van der Waals surface area contributed by atoms with E-state index in [-0.39, 0.29) is 5.91 Å². The molecule has 1 N–H and O–H groups in total. The van der Waals surface area contributed by atoms with E-state index < -0.39 is 0 Å². The molecular weight excluding hydrogens is 252 g/mol. The zero-order chi connectivity index (χ0) is 14.2. The molecule has 0 fully saturated rings. The van der Waals surface area contributed by atoms with Gasteiger partial charge in [0.15, 0.2) is 0 Å². The Morgan fingerprint density at radius 3 is 2.70 bits per heavy atom. The molecule has 20 heavy (non-hydrogen) atoms. The van der Waals surface area contributed by atoms with Crippen molar-refractivity contribution in [3.8, 4) is 6.07 Å². The topological polar surface area (TPSA) is 78.7 Å². The number of hydrogen-bond donors (Lipinski definition) is 1. The summed E-state index contributed by atoms with van der Waals surface area (Å²) in [7, 11) is 0.